The number of anilines is 1. The van der Waals surface area contributed by atoms with Crippen LogP contribution in [-0.2, 0) is 30.5 Å². The average molecular weight is 492 g/mol. The predicted octanol–water partition coefficient (Wildman–Crippen LogP) is 1.56. The van der Waals surface area contributed by atoms with Crippen molar-refractivity contribution in [2.45, 2.75) is 72.1 Å². The van der Waals surface area contributed by atoms with Crippen molar-refractivity contribution >= 4 is 35.4 Å². The number of carbonyl (C=O) groups excluding carboxylic acids is 5. The summed E-state index contributed by atoms with van der Waals surface area (Å²) in [5.74, 6) is -1.74. The van der Waals surface area contributed by atoms with Crippen LogP contribution in [-0.4, -0.2) is 48.4 Å². The van der Waals surface area contributed by atoms with E-state index < -0.39 is 35.9 Å². The van der Waals surface area contributed by atoms with Crippen molar-refractivity contribution in [2.24, 2.45) is 11.7 Å². The molecule has 1 rings (SSSR count). The van der Waals surface area contributed by atoms with Gasteiger partial charge in [0.1, 0.15) is 18.7 Å². The van der Waals surface area contributed by atoms with E-state index in [1.807, 2.05) is 6.92 Å². The topological polar surface area (TPSA) is 169 Å². The Labute approximate surface area is 205 Å². The van der Waals surface area contributed by atoms with Crippen LogP contribution in [0, 0.1) is 5.92 Å². The second kappa shape index (κ2) is 15.3. The van der Waals surface area contributed by atoms with Crippen LogP contribution in [0.1, 0.15) is 58.9 Å². The van der Waals surface area contributed by atoms with Gasteiger partial charge in [-0.15, -0.1) is 0 Å². The molecule has 11 heteroatoms. The largest absolute Gasteiger partial charge is 0.461 e. The molecular formula is C24H37N5O6. The van der Waals surface area contributed by atoms with Crippen LogP contribution in [0.25, 0.3) is 0 Å². The monoisotopic (exact) mass is 491 g/mol. The molecule has 0 aliphatic carbocycles. The van der Waals surface area contributed by atoms with Crippen LogP contribution < -0.4 is 27.0 Å². The highest BCUT2D eigenvalue weighted by atomic mass is 16.5. The van der Waals surface area contributed by atoms with Crippen molar-refractivity contribution in [3.63, 3.8) is 0 Å². The molecule has 1 aromatic carbocycles. The molecule has 0 aliphatic rings. The van der Waals surface area contributed by atoms with Crippen molar-refractivity contribution in [3.05, 3.63) is 29.8 Å². The zero-order chi connectivity index (χ0) is 26.4. The van der Waals surface area contributed by atoms with Gasteiger partial charge in [0.05, 0.1) is 0 Å². The molecule has 35 heavy (non-hydrogen) atoms. The molecule has 0 aliphatic heterocycles. The summed E-state index contributed by atoms with van der Waals surface area (Å²) in [6, 6.07) is 4.35. The Balaban J connectivity index is 2.89. The van der Waals surface area contributed by atoms with Crippen molar-refractivity contribution in [3.8, 4) is 0 Å². The number of primary amides is 1. The fourth-order valence-corrected chi connectivity index (χ4v) is 3.15. The maximum absolute atomic E-state index is 13.0. The minimum Gasteiger partial charge on any atom is -0.461 e. The number of nitrogens with two attached hydrogens (primary N) is 1. The molecule has 6 N–H and O–H groups in total. The first kappa shape index (κ1) is 29.4. The summed E-state index contributed by atoms with van der Waals surface area (Å²) in [6.45, 7) is 7.16. The third kappa shape index (κ3) is 11.9. The smallest absolute Gasteiger partial charge is 0.312 e. The van der Waals surface area contributed by atoms with Gasteiger partial charge in [-0.25, -0.2) is 4.79 Å². The maximum Gasteiger partial charge on any atom is 0.312 e. The van der Waals surface area contributed by atoms with E-state index >= 15 is 0 Å². The second-order valence-electron chi connectivity index (χ2n) is 8.50. The second-order valence-corrected chi connectivity index (χ2v) is 8.50. The molecule has 1 aromatic rings. The first-order valence-electron chi connectivity index (χ1n) is 11.7. The molecule has 0 aromatic heterocycles. The fraction of sp³-hybridized carbons (Fsp3) is 0.542. The number of benzene rings is 1. The lowest BCUT2D eigenvalue weighted by Gasteiger charge is -2.25. The van der Waals surface area contributed by atoms with Gasteiger partial charge in [-0.3, -0.25) is 19.2 Å². The first-order valence-corrected chi connectivity index (χ1v) is 11.7. The normalized spacial score (nSPS) is 12.3. The Hall–Kier alpha value is -3.63. The zero-order valence-electron chi connectivity index (χ0n) is 20.8. The molecule has 11 nitrogen and oxygen atoms in total. The van der Waals surface area contributed by atoms with Crippen LogP contribution in [0.15, 0.2) is 24.3 Å². The summed E-state index contributed by atoms with van der Waals surface area (Å²) in [4.78, 5) is 59.9. The lowest BCUT2D eigenvalue weighted by Crippen LogP contribution is -2.54. The van der Waals surface area contributed by atoms with Gasteiger partial charge >= 0.3 is 12.0 Å². The van der Waals surface area contributed by atoms with Gasteiger partial charge in [-0.2, -0.15) is 0 Å². The summed E-state index contributed by atoms with van der Waals surface area (Å²) in [5, 5.41) is 10.7. The minimum absolute atomic E-state index is 0.120. The third-order valence-corrected chi connectivity index (χ3v) is 5.01. The molecule has 0 fully saturated rings. The number of rotatable bonds is 14. The molecule has 0 bridgehead atoms. The molecule has 0 saturated carbocycles. The lowest BCUT2D eigenvalue weighted by molar-refractivity contribution is -0.142. The summed E-state index contributed by atoms with van der Waals surface area (Å²) in [7, 11) is 0. The quantitative estimate of drug-likeness (QED) is 0.195. The average Bonchev–Trinajstić information content (AvgIpc) is 2.78. The molecule has 0 unspecified atom stereocenters. The highest BCUT2D eigenvalue weighted by Gasteiger charge is 2.28. The number of esters is 1. The number of urea groups is 1. The predicted molar refractivity (Wildman–Crippen MR) is 131 cm³/mol. The molecule has 5 amide bonds. The molecule has 0 spiro atoms. The van der Waals surface area contributed by atoms with Gasteiger partial charge in [0.2, 0.25) is 17.7 Å². The number of nitrogens with one attached hydrogen (secondary N) is 4. The maximum atomic E-state index is 13.0. The fourth-order valence-electron chi connectivity index (χ4n) is 3.15. The zero-order valence-corrected chi connectivity index (χ0v) is 20.8. The van der Waals surface area contributed by atoms with E-state index in [1.54, 1.807) is 38.1 Å². The van der Waals surface area contributed by atoms with Crippen LogP contribution in [0.5, 0.6) is 0 Å². The van der Waals surface area contributed by atoms with Crippen molar-refractivity contribution < 1.29 is 28.7 Å². The number of hydrogen-bond donors (Lipinski definition) is 5. The number of hydrogen-bond acceptors (Lipinski definition) is 6. The van der Waals surface area contributed by atoms with Crippen molar-refractivity contribution in [2.75, 3.05) is 11.9 Å². The van der Waals surface area contributed by atoms with E-state index in [0.29, 0.717) is 24.9 Å². The molecule has 0 saturated heterocycles. The van der Waals surface area contributed by atoms with Crippen molar-refractivity contribution in [1.82, 2.24) is 16.0 Å². The lowest BCUT2D eigenvalue weighted by atomic mass is 10.0. The van der Waals surface area contributed by atoms with E-state index in [9.17, 15) is 24.0 Å². The summed E-state index contributed by atoms with van der Waals surface area (Å²) in [6.07, 6.45) is 1.57. The summed E-state index contributed by atoms with van der Waals surface area (Å²) in [5.41, 5.74) is 6.33. The minimum atomic E-state index is -0.915. The Bertz CT molecular complexity index is 872. The van der Waals surface area contributed by atoms with E-state index in [2.05, 4.69) is 21.3 Å². The van der Waals surface area contributed by atoms with Crippen LogP contribution in [0.2, 0.25) is 0 Å². The number of carbonyl (C=O) groups is 5. The number of amides is 5. The molecule has 0 radical (unpaired) electrons. The van der Waals surface area contributed by atoms with Gasteiger partial charge in [0.15, 0.2) is 0 Å². The van der Waals surface area contributed by atoms with Gasteiger partial charge in [0, 0.05) is 25.6 Å². The highest BCUT2D eigenvalue weighted by molar-refractivity contribution is 5.98. The Morgan fingerprint density at radius 2 is 1.66 bits per heavy atom. The molecular weight excluding hydrogens is 454 g/mol. The van der Waals surface area contributed by atoms with Gasteiger partial charge in [-0.05, 0) is 42.9 Å². The van der Waals surface area contributed by atoms with Gasteiger partial charge in [0.25, 0.3) is 0 Å². The van der Waals surface area contributed by atoms with E-state index in [1.165, 1.54) is 6.92 Å². The summed E-state index contributed by atoms with van der Waals surface area (Å²) >= 11 is 0. The third-order valence-electron chi connectivity index (χ3n) is 5.01. The van der Waals surface area contributed by atoms with E-state index in [0.717, 1.165) is 5.56 Å². The Morgan fingerprint density at radius 3 is 2.20 bits per heavy atom. The SMILES string of the molecule is CCCC(=O)N[C@H](C(=O)N[C@@H](CCCNC(N)=O)C(=O)Nc1ccc(COC(C)=O)cc1)C(C)C. The molecule has 194 valence electrons. The van der Waals surface area contributed by atoms with Crippen LogP contribution in [0.4, 0.5) is 10.5 Å². The van der Waals surface area contributed by atoms with Gasteiger partial charge < -0.3 is 31.7 Å². The van der Waals surface area contributed by atoms with Gasteiger partial charge in [-0.1, -0.05) is 32.9 Å². The van der Waals surface area contributed by atoms with E-state index in [4.69, 9.17) is 10.5 Å². The molecule has 2 atom stereocenters. The van der Waals surface area contributed by atoms with Crippen LogP contribution >= 0.6 is 0 Å². The van der Waals surface area contributed by atoms with E-state index in [-0.39, 0.29) is 31.4 Å². The highest BCUT2D eigenvalue weighted by Crippen LogP contribution is 2.13. The summed E-state index contributed by atoms with van der Waals surface area (Å²) < 4.78 is 4.94. The standard InChI is InChI=1S/C24H37N5O6/c1-5-7-20(31)29-21(15(2)3)23(33)28-19(8-6-13-26-24(25)34)22(32)27-18-11-9-17(10-12-18)14-35-16(4)30/h9-12,15,19,21H,5-8,13-14H2,1-4H3,(H,27,32)(H,28,33)(H,29,31)(H3,25,26,34)/t19-,21-/m0/s1. The Morgan fingerprint density at radius 1 is 1.00 bits per heavy atom. The van der Waals surface area contributed by atoms with Crippen LogP contribution in [0.3, 0.4) is 0 Å². The molecule has 0 heterocycles. The Kier molecular flexibility index (Phi) is 12.9. The first-order chi connectivity index (χ1) is 16.5. The number of ether oxygens (including phenoxy) is 1. The van der Waals surface area contributed by atoms with Crippen molar-refractivity contribution in [1.29, 1.82) is 0 Å².